The van der Waals surface area contributed by atoms with Gasteiger partial charge in [0.25, 0.3) is 0 Å². The lowest BCUT2D eigenvalue weighted by atomic mass is 10.1. The highest BCUT2D eigenvalue weighted by Crippen LogP contribution is 2.41. The molecule has 10 heteroatoms. The van der Waals surface area contributed by atoms with Gasteiger partial charge in [-0.2, -0.15) is 0 Å². The van der Waals surface area contributed by atoms with Gasteiger partial charge >= 0.3 is 0 Å². The van der Waals surface area contributed by atoms with E-state index in [-0.39, 0.29) is 5.82 Å². The lowest BCUT2D eigenvalue weighted by molar-refractivity contribution is -0.0518. The standard InChI is InChI=1S/C11H12Br2N4O4/c12-5-4-9(14)15-2-16-10(4)17(8(5)13)11-7(20)6(19)3(1-18)21-11/h2-3,6-7,11,18-20H,1H2,(H2,14,15,16)/t3-,6+,7-,11-/m1/s1. The fourth-order valence-electron chi connectivity index (χ4n) is 2.41. The molecule has 2 aromatic heterocycles. The quantitative estimate of drug-likeness (QED) is 0.541. The van der Waals surface area contributed by atoms with Gasteiger partial charge in [-0.05, 0) is 31.9 Å². The van der Waals surface area contributed by atoms with Crippen LogP contribution in [0.2, 0.25) is 0 Å². The van der Waals surface area contributed by atoms with Crippen molar-refractivity contribution in [3.63, 3.8) is 0 Å². The Balaban J connectivity index is 2.18. The van der Waals surface area contributed by atoms with Crippen LogP contribution < -0.4 is 5.73 Å². The minimum Gasteiger partial charge on any atom is -0.394 e. The lowest BCUT2D eigenvalue weighted by Gasteiger charge is -2.18. The fourth-order valence-corrected chi connectivity index (χ4v) is 3.55. The molecule has 0 radical (unpaired) electrons. The van der Waals surface area contributed by atoms with E-state index in [1.807, 2.05) is 0 Å². The number of fused-ring (bicyclic) bond motifs is 1. The van der Waals surface area contributed by atoms with E-state index >= 15 is 0 Å². The first-order chi connectivity index (χ1) is 9.97. The first-order valence-electron chi connectivity index (χ1n) is 6.05. The summed E-state index contributed by atoms with van der Waals surface area (Å²) in [5, 5.41) is 29.8. The number of aromatic nitrogens is 3. The number of nitrogens with zero attached hydrogens (tertiary/aromatic N) is 3. The molecule has 3 heterocycles. The molecule has 0 aromatic carbocycles. The van der Waals surface area contributed by atoms with Crippen LogP contribution in [-0.4, -0.2) is 54.8 Å². The molecule has 1 aliphatic rings. The number of anilines is 1. The molecule has 21 heavy (non-hydrogen) atoms. The molecule has 1 aliphatic heterocycles. The van der Waals surface area contributed by atoms with Crippen molar-refractivity contribution < 1.29 is 20.1 Å². The van der Waals surface area contributed by atoms with Crippen molar-refractivity contribution in [2.75, 3.05) is 12.3 Å². The van der Waals surface area contributed by atoms with Gasteiger partial charge in [-0.1, -0.05) is 0 Å². The largest absolute Gasteiger partial charge is 0.394 e. The molecule has 8 nitrogen and oxygen atoms in total. The maximum atomic E-state index is 10.2. The molecule has 0 saturated carbocycles. The van der Waals surface area contributed by atoms with Gasteiger partial charge in [0.05, 0.1) is 16.5 Å². The van der Waals surface area contributed by atoms with E-state index in [0.717, 1.165) is 0 Å². The van der Waals surface area contributed by atoms with Crippen LogP contribution in [0.3, 0.4) is 0 Å². The first-order valence-corrected chi connectivity index (χ1v) is 7.63. The molecule has 0 spiro atoms. The van der Waals surface area contributed by atoms with Crippen LogP contribution in [0.15, 0.2) is 15.4 Å². The smallest absolute Gasteiger partial charge is 0.165 e. The van der Waals surface area contributed by atoms with Gasteiger partial charge in [-0.3, -0.25) is 4.57 Å². The predicted octanol–water partition coefficient (Wildman–Crippen LogP) is 0.150. The van der Waals surface area contributed by atoms with Crippen LogP contribution in [-0.2, 0) is 4.74 Å². The van der Waals surface area contributed by atoms with Gasteiger partial charge in [-0.15, -0.1) is 0 Å². The third kappa shape index (κ3) is 2.17. The maximum Gasteiger partial charge on any atom is 0.165 e. The monoisotopic (exact) mass is 422 g/mol. The second-order valence-electron chi connectivity index (χ2n) is 4.66. The molecule has 114 valence electrons. The van der Waals surface area contributed by atoms with Crippen molar-refractivity contribution in [1.82, 2.24) is 14.5 Å². The molecule has 0 unspecified atom stereocenters. The second kappa shape index (κ2) is 5.45. The number of aliphatic hydroxyl groups excluding tert-OH is 3. The Labute approximate surface area is 135 Å². The van der Waals surface area contributed by atoms with Crippen LogP contribution in [0.4, 0.5) is 5.82 Å². The number of nitrogen functional groups attached to an aromatic ring is 1. The molecule has 1 fully saturated rings. The molecule has 1 saturated heterocycles. The fraction of sp³-hybridized carbons (Fsp3) is 0.455. The van der Waals surface area contributed by atoms with Crippen molar-refractivity contribution in [3.8, 4) is 0 Å². The highest BCUT2D eigenvalue weighted by atomic mass is 79.9. The molecular formula is C11H12Br2N4O4. The van der Waals surface area contributed by atoms with Crippen LogP contribution in [0, 0.1) is 0 Å². The number of aliphatic hydroxyl groups is 3. The normalized spacial score (nSPS) is 29.4. The van der Waals surface area contributed by atoms with Crippen LogP contribution in [0.25, 0.3) is 11.0 Å². The molecule has 2 aromatic rings. The minimum atomic E-state index is -1.21. The van der Waals surface area contributed by atoms with E-state index in [1.54, 1.807) is 4.57 Å². The van der Waals surface area contributed by atoms with Crippen molar-refractivity contribution in [2.24, 2.45) is 0 Å². The Bertz CT molecular complexity index is 694. The Morgan fingerprint density at radius 2 is 2.00 bits per heavy atom. The Morgan fingerprint density at radius 1 is 1.29 bits per heavy atom. The molecule has 0 aliphatic carbocycles. The number of hydrogen-bond acceptors (Lipinski definition) is 7. The third-order valence-corrected chi connectivity index (χ3v) is 5.55. The summed E-state index contributed by atoms with van der Waals surface area (Å²) in [5.41, 5.74) is 6.29. The number of nitrogens with two attached hydrogens (primary N) is 1. The summed E-state index contributed by atoms with van der Waals surface area (Å²) in [4.78, 5) is 8.08. The summed E-state index contributed by atoms with van der Waals surface area (Å²) in [5.74, 6) is 0.276. The molecule has 0 amide bonds. The Hall–Kier alpha value is -0.780. The number of rotatable bonds is 2. The number of ether oxygens (including phenoxy) is 1. The second-order valence-corrected chi connectivity index (χ2v) is 6.21. The average Bonchev–Trinajstić information content (AvgIpc) is 2.88. The van der Waals surface area contributed by atoms with E-state index in [0.29, 0.717) is 20.1 Å². The Morgan fingerprint density at radius 3 is 2.62 bits per heavy atom. The van der Waals surface area contributed by atoms with Crippen LogP contribution >= 0.6 is 31.9 Å². The molecule has 3 rings (SSSR count). The van der Waals surface area contributed by atoms with Crippen molar-refractivity contribution in [1.29, 1.82) is 0 Å². The zero-order valence-electron chi connectivity index (χ0n) is 10.5. The summed E-state index contributed by atoms with van der Waals surface area (Å²) >= 11 is 6.77. The van der Waals surface area contributed by atoms with Crippen LogP contribution in [0.1, 0.15) is 6.23 Å². The topological polar surface area (TPSA) is 127 Å². The summed E-state index contributed by atoms with van der Waals surface area (Å²) in [6.07, 6.45) is -2.88. The summed E-state index contributed by atoms with van der Waals surface area (Å²) in [7, 11) is 0. The van der Waals surface area contributed by atoms with E-state index < -0.39 is 31.1 Å². The van der Waals surface area contributed by atoms with Crippen molar-refractivity contribution in [3.05, 3.63) is 15.4 Å². The average molecular weight is 424 g/mol. The highest BCUT2D eigenvalue weighted by Gasteiger charge is 2.44. The minimum absolute atomic E-state index is 0.276. The summed E-state index contributed by atoms with van der Waals surface area (Å²) in [6, 6.07) is 0. The van der Waals surface area contributed by atoms with Gasteiger partial charge < -0.3 is 25.8 Å². The zero-order valence-corrected chi connectivity index (χ0v) is 13.7. The lowest BCUT2D eigenvalue weighted by Crippen LogP contribution is -2.33. The Kier molecular flexibility index (Phi) is 3.93. The summed E-state index contributed by atoms with van der Waals surface area (Å²) < 4.78 is 8.24. The van der Waals surface area contributed by atoms with E-state index in [4.69, 9.17) is 10.5 Å². The van der Waals surface area contributed by atoms with Gasteiger partial charge in [0.1, 0.15) is 40.7 Å². The SMILES string of the molecule is Nc1ncnc2c1c(Br)c(Br)n2[C@@H]1O[C@H](CO)[C@H](O)[C@H]1O. The predicted molar refractivity (Wildman–Crippen MR) is 80.3 cm³/mol. The van der Waals surface area contributed by atoms with Gasteiger partial charge in [0, 0.05) is 0 Å². The molecule has 0 bridgehead atoms. The van der Waals surface area contributed by atoms with E-state index in [9.17, 15) is 15.3 Å². The van der Waals surface area contributed by atoms with Gasteiger partial charge in [0.2, 0.25) is 0 Å². The maximum absolute atomic E-state index is 10.2. The van der Waals surface area contributed by atoms with Crippen molar-refractivity contribution in [2.45, 2.75) is 24.5 Å². The van der Waals surface area contributed by atoms with Gasteiger partial charge in [0.15, 0.2) is 6.23 Å². The molecule has 5 N–H and O–H groups in total. The molecular weight excluding hydrogens is 412 g/mol. The number of hydrogen-bond donors (Lipinski definition) is 4. The third-order valence-electron chi connectivity index (χ3n) is 3.47. The van der Waals surface area contributed by atoms with E-state index in [2.05, 4.69) is 41.8 Å². The summed E-state index contributed by atoms with van der Waals surface area (Å²) in [6.45, 7) is -0.399. The zero-order chi connectivity index (χ0) is 15.3. The van der Waals surface area contributed by atoms with Crippen molar-refractivity contribution >= 4 is 48.7 Å². The highest BCUT2D eigenvalue weighted by molar-refractivity contribution is 9.13. The van der Waals surface area contributed by atoms with Crippen LogP contribution in [0.5, 0.6) is 0 Å². The first kappa shape index (κ1) is 15.1. The number of halogens is 2. The van der Waals surface area contributed by atoms with Gasteiger partial charge in [-0.25, -0.2) is 9.97 Å². The van der Waals surface area contributed by atoms with E-state index in [1.165, 1.54) is 6.33 Å². The molecule has 4 atom stereocenters.